The average Bonchev–Trinajstić information content (AvgIpc) is 3.05. The smallest absolute Gasteiger partial charge is 0.416 e. The zero-order chi connectivity index (χ0) is 23.0. The van der Waals surface area contributed by atoms with Crippen molar-refractivity contribution in [1.82, 2.24) is 0 Å². The van der Waals surface area contributed by atoms with Crippen LogP contribution >= 0.6 is 11.3 Å². The van der Waals surface area contributed by atoms with Gasteiger partial charge in [0.15, 0.2) is 0 Å². The van der Waals surface area contributed by atoms with E-state index < -0.39 is 23.6 Å². The van der Waals surface area contributed by atoms with E-state index in [2.05, 4.69) is 5.73 Å². The van der Waals surface area contributed by atoms with Gasteiger partial charge in [0, 0.05) is 15.3 Å². The van der Waals surface area contributed by atoms with Crippen LogP contribution in [0.1, 0.15) is 71.5 Å². The number of aryl methyl sites for hydroxylation is 1. The largest absolute Gasteiger partial charge is 0.481 e. The second kappa shape index (κ2) is 8.76. The molecule has 1 N–H and O–H groups in total. The Labute approximate surface area is 189 Å². The van der Waals surface area contributed by atoms with Crippen molar-refractivity contribution in [2.45, 2.75) is 58.5 Å². The lowest BCUT2D eigenvalue weighted by atomic mass is 9.79. The normalized spacial score (nSPS) is 16.8. The number of benzene rings is 1. The molecule has 2 nitrogen and oxygen atoms in total. The topological polar surface area (TPSA) is 37.3 Å². The first-order chi connectivity index (χ1) is 15.2. The Bertz CT molecular complexity index is 1160. The van der Waals surface area contributed by atoms with E-state index in [1.54, 1.807) is 17.4 Å². The van der Waals surface area contributed by atoms with Gasteiger partial charge in [-0.15, -0.1) is 17.1 Å². The Morgan fingerprint density at radius 3 is 2.69 bits per heavy atom. The number of allylic oxidation sites excluding steroid dienone is 1. The van der Waals surface area contributed by atoms with Crippen LogP contribution in [0.15, 0.2) is 41.1 Å². The fourth-order valence-electron chi connectivity index (χ4n) is 4.80. The SMILES string of the molecule is CCCC(C(=O)O)C1=C(c2cccc(C(F)(F)F)c2)c2c(sc3c2CCCC3)C=C=C1C. The Hall–Kier alpha value is -2.56. The van der Waals surface area contributed by atoms with E-state index in [1.165, 1.54) is 10.9 Å². The number of hydrogen-bond donors (Lipinski definition) is 1. The second-order valence-corrected chi connectivity index (χ2v) is 9.55. The minimum atomic E-state index is -4.48. The predicted octanol–water partition coefficient (Wildman–Crippen LogP) is 7.52. The van der Waals surface area contributed by atoms with Gasteiger partial charge in [0.1, 0.15) is 0 Å². The van der Waals surface area contributed by atoms with E-state index in [-0.39, 0.29) is 0 Å². The second-order valence-electron chi connectivity index (χ2n) is 8.41. The molecule has 32 heavy (non-hydrogen) atoms. The number of carboxylic acids is 1. The highest BCUT2D eigenvalue weighted by Crippen LogP contribution is 2.47. The summed E-state index contributed by atoms with van der Waals surface area (Å²) in [4.78, 5) is 14.5. The van der Waals surface area contributed by atoms with E-state index in [0.29, 0.717) is 35.1 Å². The van der Waals surface area contributed by atoms with Gasteiger partial charge in [0.05, 0.1) is 11.5 Å². The third kappa shape index (κ3) is 4.10. The molecule has 0 saturated heterocycles. The van der Waals surface area contributed by atoms with Crippen molar-refractivity contribution < 1.29 is 23.1 Å². The summed E-state index contributed by atoms with van der Waals surface area (Å²) in [5.74, 6) is -1.77. The van der Waals surface area contributed by atoms with Gasteiger partial charge in [-0.1, -0.05) is 25.5 Å². The van der Waals surface area contributed by atoms with Gasteiger partial charge in [-0.3, -0.25) is 4.79 Å². The van der Waals surface area contributed by atoms with Crippen molar-refractivity contribution in [3.63, 3.8) is 0 Å². The molecule has 0 fully saturated rings. The molecule has 1 unspecified atom stereocenters. The quantitative estimate of drug-likeness (QED) is 0.471. The molecule has 0 radical (unpaired) electrons. The first kappa shape index (κ1) is 22.6. The summed E-state index contributed by atoms with van der Waals surface area (Å²) in [5, 5.41) is 10.1. The van der Waals surface area contributed by atoms with E-state index in [4.69, 9.17) is 0 Å². The maximum Gasteiger partial charge on any atom is 0.416 e. The third-order valence-electron chi connectivity index (χ3n) is 6.24. The van der Waals surface area contributed by atoms with Crippen LogP contribution in [-0.4, -0.2) is 11.1 Å². The lowest BCUT2D eigenvalue weighted by molar-refractivity contribution is -0.140. The molecular weight excluding hydrogens is 433 g/mol. The Balaban J connectivity index is 2.09. The third-order valence-corrected chi connectivity index (χ3v) is 7.48. The van der Waals surface area contributed by atoms with Crippen LogP contribution in [0.5, 0.6) is 0 Å². The van der Waals surface area contributed by atoms with Gasteiger partial charge < -0.3 is 5.11 Å². The zero-order valence-electron chi connectivity index (χ0n) is 18.1. The van der Waals surface area contributed by atoms with Gasteiger partial charge in [0.2, 0.25) is 0 Å². The van der Waals surface area contributed by atoms with Crippen LogP contribution in [0.4, 0.5) is 13.2 Å². The van der Waals surface area contributed by atoms with Crippen molar-refractivity contribution in [3.05, 3.63) is 73.2 Å². The summed E-state index contributed by atoms with van der Waals surface area (Å²) in [7, 11) is 0. The molecule has 1 heterocycles. The van der Waals surface area contributed by atoms with Crippen molar-refractivity contribution in [1.29, 1.82) is 0 Å². The van der Waals surface area contributed by atoms with Gasteiger partial charge in [-0.2, -0.15) is 13.2 Å². The number of rotatable bonds is 5. The Kier molecular flexibility index (Phi) is 6.19. The number of carbonyl (C=O) groups is 1. The van der Waals surface area contributed by atoms with Crippen molar-refractivity contribution in [2.24, 2.45) is 5.92 Å². The fourth-order valence-corrected chi connectivity index (χ4v) is 6.09. The lowest BCUT2D eigenvalue weighted by Gasteiger charge is -2.23. The van der Waals surface area contributed by atoms with Crippen LogP contribution in [0, 0.1) is 5.92 Å². The molecule has 4 rings (SSSR count). The maximum absolute atomic E-state index is 13.6. The molecule has 2 aliphatic rings. The molecule has 1 aromatic carbocycles. The van der Waals surface area contributed by atoms with Crippen molar-refractivity contribution in [2.75, 3.05) is 0 Å². The molecule has 6 heteroatoms. The summed E-state index contributed by atoms with van der Waals surface area (Å²) < 4.78 is 40.7. The van der Waals surface area contributed by atoms with E-state index in [1.807, 2.05) is 19.9 Å². The monoisotopic (exact) mass is 458 g/mol. The van der Waals surface area contributed by atoms with E-state index in [0.717, 1.165) is 53.8 Å². The summed E-state index contributed by atoms with van der Waals surface area (Å²) in [5.41, 5.74) is 6.90. The average molecular weight is 459 g/mol. The lowest BCUT2D eigenvalue weighted by Crippen LogP contribution is -2.19. The van der Waals surface area contributed by atoms with Gasteiger partial charge >= 0.3 is 12.1 Å². The van der Waals surface area contributed by atoms with E-state index in [9.17, 15) is 23.1 Å². The standard InChI is InChI=1S/C26H25F3O2S/c1-3-7-19(25(30)31)22-15(2)12-13-21-24(18-10-4-5-11-20(18)32-21)23(22)16-8-6-9-17(14-16)26(27,28)29/h6,8-9,13-14,19H,3-5,7,10-11H2,1-2H3,(H,30,31). The Morgan fingerprint density at radius 1 is 1.25 bits per heavy atom. The number of hydrogen-bond acceptors (Lipinski definition) is 2. The highest BCUT2D eigenvalue weighted by molar-refractivity contribution is 7.13. The minimum Gasteiger partial charge on any atom is -0.481 e. The number of fused-ring (bicyclic) bond motifs is 3. The van der Waals surface area contributed by atoms with Gasteiger partial charge in [0.25, 0.3) is 0 Å². The molecule has 2 aromatic rings. The molecule has 0 aliphatic heterocycles. The fraction of sp³-hybridized carbons (Fsp3) is 0.385. The predicted molar refractivity (Wildman–Crippen MR) is 122 cm³/mol. The number of halogens is 3. The molecule has 2 aliphatic carbocycles. The zero-order valence-corrected chi connectivity index (χ0v) is 18.9. The number of carboxylic acid groups (broad SMARTS) is 1. The van der Waals surface area contributed by atoms with Crippen LogP contribution in [0.2, 0.25) is 0 Å². The molecule has 0 saturated carbocycles. The van der Waals surface area contributed by atoms with Crippen LogP contribution in [0.3, 0.4) is 0 Å². The minimum absolute atomic E-state index is 0.411. The maximum atomic E-state index is 13.6. The molecule has 1 atom stereocenters. The number of aliphatic carboxylic acids is 1. The highest BCUT2D eigenvalue weighted by atomic mass is 32.1. The molecule has 0 amide bonds. The highest BCUT2D eigenvalue weighted by Gasteiger charge is 2.34. The van der Waals surface area contributed by atoms with Crippen molar-refractivity contribution in [3.8, 4) is 0 Å². The molecule has 0 spiro atoms. The van der Waals surface area contributed by atoms with Crippen LogP contribution in [-0.2, 0) is 23.8 Å². The first-order valence-corrected chi connectivity index (χ1v) is 11.8. The number of thiophene rings is 1. The van der Waals surface area contributed by atoms with Crippen LogP contribution < -0.4 is 0 Å². The van der Waals surface area contributed by atoms with Gasteiger partial charge in [-0.25, -0.2) is 0 Å². The van der Waals surface area contributed by atoms with Crippen molar-refractivity contribution >= 4 is 29.0 Å². The summed E-state index contributed by atoms with van der Waals surface area (Å²) in [6.07, 6.45) is 2.40. The van der Waals surface area contributed by atoms with Crippen LogP contribution in [0.25, 0.3) is 11.6 Å². The van der Waals surface area contributed by atoms with Gasteiger partial charge in [-0.05, 0) is 85.1 Å². The summed E-state index contributed by atoms with van der Waals surface area (Å²) >= 11 is 1.66. The molecule has 0 bridgehead atoms. The first-order valence-electron chi connectivity index (χ1n) is 11.0. The number of alkyl halides is 3. The van der Waals surface area contributed by atoms with E-state index >= 15 is 0 Å². The molecule has 1 aromatic heterocycles. The molecular formula is C26H25F3O2S. The Morgan fingerprint density at radius 2 is 2.00 bits per heavy atom. The summed E-state index contributed by atoms with van der Waals surface area (Å²) in [6.45, 7) is 3.73. The molecule has 168 valence electrons. The summed E-state index contributed by atoms with van der Waals surface area (Å²) in [6, 6.07) is 5.31.